The quantitative estimate of drug-likeness (QED) is 0.230. The molecule has 4 rings (SSSR count). The molecule has 37 heavy (non-hydrogen) atoms. The highest BCUT2D eigenvalue weighted by atomic mass is 16.5. The Bertz CT molecular complexity index is 1390. The number of aryl methyl sites for hydroxylation is 1. The summed E-state index contributed by atoms with van der Waals surface area (Å²) in [6.45, 7) is 4.78. The molecule has 4 aromatic rings. The van der Waals surface area contributed by atoms with Crippen molar-refractivity contribution >= 4 is 28.3 Å². The van der Waals surface area contributed by atoms with Gasteiger partial charge in [0.15, 0.2) is 11.5 Å². The van der Waals surface area contributed by atoms with Crippen LogP contribution in [0.5, 0.6) is 23.0 Å². The fourth-order valence-electron chi connectivity index (χ4n) is 3.97. The lowest BCUT2D eigenvalue weighted by Crippen LogP contribution is -2.24. The average molecular weight is 501 g/mol. The van der Waals surface area contributed by atoms with Crippen molar-refractivity contribution in [1.82, 2.24) is 15.3 Å². The Labute approximate surface area is 217 Å². The number of ether oxygens (including phenoxy) is 3. The number of benzene rings is 3. The molecule has 0 aliphatic heterocycles. The van der Waals surface area contributed by atoms with Gasteiger partial charge in [0.05, 0.1) is 19.7 Å². The number of aromatic nitrogens is 2. The molecule has 8 nitrogen and oxygen atoms in total. The minimum absolute atomic E-state index is 0.0934. The second-order valence-corrected chi connectivity index (χ2v) is 8.64. The third kappa shape index (κ3) is 6.27. The molecule has 0 aliphatic rings. The van der Waals surface area contributed by atoms with E-state index < -0.39 is 0 Å². The number of rotatable bonds is 11. The Morgan fingerprint density at radius 3 is 2.49 bits per heavy atom. The Hall–Kier alpha value is -4.33. The number of carbonyl (C=O) groups is 1. The molecule has 1 amide bonds. The minimum atomic E-state index is -0.0934. The molecule has 1 heterocycles. The van der Waals surface area contributed by atoms with Crippen LogP contribution in [0.1, 0.15) is 42.1 Å². The highest BCUT2D eigenvalue weighted by molar-refractivity contribution is 5.94. The molecule has 1 aromatic heterocycles. The van der Waals surface area contributed by atoms with Gasteiger partial charge in [-0.15, -0.1) is 0 Å². The molecule has 0 saturated heterocycles. The number of carbonyl (C=O) groups excluding carboxylic acids is 1. The van der Waals surface area contributed by atoms with Gasteiger partial charge in [-0.25, -0.2) is 9.97 Å². The van der Waals surface area contributed by atoms with Crippen molar-refractivity contribution in [2.75, 3.05) is 26.1 Å². The van der Waals surface area contributed by atoms with Crippen molar-refractivity contribution in [3.05, 3.63) is 72.1 Å². The van der Waals surface area contributed by atoms with Gasteiger partial charge in [0.25, 0.3) is 5.91 Å². The molecule has 0 unspecified atom stereocenters. The van der Waals surface area contributed by atoms with Crippen molar-refractivity contribution in [1.29, 1.82) is 0 Å². The number of nitrogens with one attached hydrogen (secondary N) is 2. The van der Waals surface area contributed by atoms with Crippen molar-refractivity contribution in [2.45, 2.75) is 33.1 Å². The Morgan fingerprint density at radius 2 is 1.73 bits per heavy atom. The third-order valence-electron chi connectivity index (χ3n) is 5.97. The Balaban J connectivity index is 1.49. The smallest absolute Gasteiger partial charge is 0.251 e. The number of nitrogens with zero attached hydrogens (tertiary/aromatic N) is 2. The molecule has 2 N–H and O–H groups in total. The zero-order chi connectivity index (χ0) is 26.2. The lowest BCUT2D eigenvalue weighted by molar-refractivity contribution is 0.0952. The fraction of sp³-hybridized carbons (Fsp3) is 0.276. The van der Waals surface area contributed by atoms with Crippen LogP contribution in [0.25, 0.3) is 10.9 Å². The van der Waals surface area contributed by atoms with Crippen LogP contribution in [-0.4, -0.2) is 36.6 Å². The summed E-state index contributed by atoms with van der Waals surface area (Å²) in [5, 5.41) is 7.14. The number of unbranched alkanes of at least 4 members (excludes halogenated alkanes) is 2. The minimum Gasteiger partial charge on any atom is -0.493 e. The van der Waals surface area contributed by atoms with Crippen LogP contribution in [0.2, 0.25) is 0 Å². The zero-order valence-electron chi connectivity index (χ0n) is 21.6. The first-order chi connectivity index (χ1) is 18.0. The highest BCUT2D eigenvalue weighted by Gasteiger charge is 2.12. The normalized spacial score (nSPS) is 10.7. The van der Waals surface area contributed by atoms with Crippen molar-refractivity contribution in [3.8, 4) is 23.0 Å². The van der Waals surface area contributed by atoms with E-state index in [1.54, 1.807) is 26.4 Å². The SMILES string of the molecule is CCCCCNC(=O)c1cccc(Oc2ccc(Nc3ncnc4cc(OC)c(OC)cc34)cc2C)c1. The Morgan fingerprint density at radius 1 is 0.919 bits per heavy atom. The molecule has 0 radical (unpaired) electrons. The molecule has 3 aromatic carbocycles. The highest BCUT2D eigenvalue weighted by Crippen LogP contribution is 2.35. The van der Waals surface area contributed by atoms with Crippen LogP contribution in [0, 0.1) is 6.92 Å². The molecule has 0 saturated carbocycles. The fourth-order valence-corrected chi connectivity index (χ4v) is 3.97. The first kappa shape index (κ1) is 25.8. The summed E-state index contributed by atoms with van der Waals surface area (Å²) in [5.74, 6) is 3.07. The van der Waals surface area contributed by atoms with E-state index in [0.29, 0.717) is 40.9 Å². The van der Waals surface area contributed by atoms with E-state index in [2.05, 4.69) is 27.5 Å². The molecule has 0 fully saturated rings. The second kappa shape index (κ2) is 12.1. The molecule has 0 atom stereocenters. The van der Waals surface area contributed by atoms with E-state index in [1.807, 2.05) is 49.4 Å². The van der Waals surface area contributed by atoms with Gasteiger partial charge in [0.2, 0.25) is 0 Å². The maximum absolute atomic E-state index is 12.5. The predicted molar refractivity (Wildman–Crippen MR) is 145 cm³/mol. The average Bonchev–Trinajstić information content (AvgIpc) is 2.92. The van der Waals surface area contributed by atoms with Gasteiger partial charge in [0, 0.05) is 29.2 Å². The standard InChI is InChI=1S/C29H32N4O4/c1-5-6-7-13-30-29(34)20-9-8-10-22(15-20)37-25-12-11-21(14-19(25)2)33-28-23-16-26(35-3)27(36-4)17-24(23)31-18-32-28/h8-12,14-18H,5-7,13H2,1-4H3,(H,30,34)(H,31,32,33). The topological polar surface area (TPSA) is 94.6 Å². The van der Waals surface area contributed by atoms with Crippen molar-refractivity contribution in [3.63, 3.8) is 0 Å². The molecule has 0 bridgehead atoms. The maximum Gasteiger partial charge on any atom is 0.251 e. The van der Waals surface area contributed by atoms with Gasteiger partial charge in [-0.1, -0.05) is 25.8 Å². The van der Waals surface area contributed by atoms with Gasteiger partial charge < -0.3 is 24.8 Å². The Kier molecular flexibility index (Phi) is 8.40. The van der Waals surface area contributed by atoms with Crippen LogP contribution in [0.3, 0.4) is 0 Å². The van der Waals surface area contributed by atoms with Gasteiger partial charge in [0.1, 0.15) is 23.6 Å². The summed E-state index contributed by atoms with van der Waals surface area (Å²) in [6.07, 6.45) is 4.70. The van der Waals surface area contributed by atoms with E-state index in [-0.39, 0.29) is 5.91 Å². The van der Waals surface area contributed by atoms with Gasteiger partial charge in [-0.2, -0.15) is 0 Å². The van der Waals surface area contributed by atoms with E-state index in [4.69, 9.17) is 14.2 Å². The molecular weight excluding hydrogens is 468 g/mol. The van der Waals surface area contributed by atoms with Crippen molar-refractivity contribution < 1.29 is 19.0 Å². The number of hydrogen-bond acceptors (Lipinski definition) is 7. The molecule has 0 aliphatic carbocycles. The first-order valence-electron chi connectivity index (χ1n) is 12.3. The second-order valence-electron chi connectivity index (χ2n) is 8.64. The van der Waals surface area contributed by atoms with Crippen LogP contribution in [-0.2, 0) is 0 Å². The lowest BCUT2D eigenvalue weighted by atomic mass is 10.1. The monoisotopic (exact) mass is 500 g/mol. The van der Waals surface area contributed by atoms with E-state index in [1.165, 1.54) is 6.33 Å². The molecule has 192 valence electrons. The number of fused-ring (bicyclic) bond motifs is 1. The first-order valence-corrected chi connectivity index (χ1v) is 12.3. The van der Waals surface area contributed by atoms with E-state index >= 15 is 0 Å². The summed E-state index contributed by atoms with van der Waals surface area (Å²) < 4.78 is 16.9. The number of anilines is 2. The summed E-state index contributed by atoms with van der Waals surface area (Å²) in [5.41, 5.74) is 3.09. The van der Waals surface area contributed by atoms with Gasteiger partial charge in [-0.05, 0) is 61.4 Å². The number of methoxy groups -OCH3 is 2. The predicted octanol–water partition coefficient (Wildman–Crippen LogP) is 6.41. The molecule has 8 heteroatoms. The number of amides is 1. The summed E-state index contributed by atoms with van der Waals surface area (Å²) in [4.78, 5) is 21.2. The molecule has 0 spiro atoms. The largest absolute Gasteiger partial charge is 0.493 e. The van der Waals surface area contributed by atoms with E-state index in [0.717, 1.165) is 41.4 Å². The zero-order valence-corrected chi connectivity index (χ0v) is 21.6. The maximum atomic E-state index is 12.5. The summed E-state index contributed by atoms with van der Waals surface area (Å²) in [6, 6.07) is 16.7. The van der Waals surface area contributed by atoms with Crippen LogP contribution in [0.15, 0.2) is 60.9 Å². The van der Waals surface area contributed by atoms with Crippen LogP contribution < -0.4 is 24.8 Å². The number of hydrogen-bond donors (Lipinski definition) is 2. The van der Waals surface area contributed by atoms with Crippen molar-refractivity contribution in [2.24, 2.45) is 0 Å². The van der Waals surface area contributed by atoms with Crippen LogP contribution >= 0.6 is 0 Å². The summed E-state index contributed by atoms with van der Waals surface area (Å²) >= 11 is 0. The van der Waals surface area contributed by atoms with Gasteiger partial charge in [-0.3, -0.25) is 4.79 Å². The third-order valence-corrected chi connectivity index (χ3v) is 5.97. The molecular formula is C29H32N4O4. The van der Waals surface area contributed by atoms with E-state index in [9.17, 15) is 4.79 Å². The summed E-state index contributed by atoms with van der Waals surface area (Å²) in [7, 11) is 3.19. The van der Waals surface area contributed by atoms with Crippen LogP contribution in [0.4, 0.5) is 11.5 Å². The van der Waals surface area contributed by atoms with Gasteiger partial charge >= 0.3 is 0 Å². The lowest BCUT2D eigenvalue weighted by Gasteiger charge is -2.14.